The van der Waals surface area contributed by atoms with Crippen LogP contribution in [-0.2, 0) is 4.79 Å². The molecule has 0 bridgehead atoms. The number of carbonyl (C=O) groups excluding carboxylic acids is 1. The number of amides is 1. The Balaban J connectivity index is 1.39. The van der Waals surface area contributed by atoms with Gasteiger partial charge in [-0.2, -0.15) is 4.52 Å². The van der Waals surface area contributed by atoms with E-state index in [0.717, 1.165) is 66.4 Å². The summed E-state index contributed by atoms with van der Waals surface area (Å²) in [6.45, 7) is 15.8. The molecule has 1 saturated heterocycles. The van der Waals surface area contributed by atoms with E-state index in [4.69, 9.17) is 10.1 Å². The van der Waals surface area contributed by atoms with Crippen molar-refractivity contribution in [1.29, 1.82) is 0 Å². The van der Waals surface area contributed by atoms with Crippen molar-refractivity contribution in [2.75, 3.05) is 69.6 Å². The lowest BCUT2D eigenvalue weighted by Crippen LogP contribution is -2.48. The number of piperazine rings is 1. The minimum Gasteiger partial charge on any atom is -0.364 e. The summed E-state index contributed by atoms with van der Waals surface area (Å²) in [6.07, 6.45) is 0. The predicted molar refractivity (Wildman–Crippen MR) is 145 cm³/mol. The molecule has 1 fully saturated rings. The van der Waals surface area contributed by atoms with Crippen LogP contribution in [0.3, 0.4) is 0 Å². The molecule has 0 radical (unpaired) electrons. The van der Waals surface area contributed by atoms with Crippen molar-refractivity contribution < 1.29 is 4.79 Å². The number of imidazole rings is 1. The number of benzene rings is 1. The monoisotopic (exact) mass is 498 g/mol. The third-order valence-corrected chi connectivity index (χ3v) is 7.13. The lowest BCUT2D eigenvalue weighted by Gasteiger charge is -2.33. The standard InChI is InChI=1S/C25H38N8OS/c1-6-31-14-16-32(17-15-31)13-12-26-20(34)18-30(5)24-29-33-22(28-25(2,3)4)21(27-23(33)35-24)19-10-8-7-9-11-19/h7-11,28H,6,12-18H2,1-5H3,(H,26,34). The Morgan fingerprint density at radius 2 is 1.80 bits per heavy atom. The first-order chi connectivity index (χ1) is 16.7. The van der Waals surface area contributed by atoms with Gasteiger partial charge in [0, 0.05) is 57.4 Å². The van der Waals surface area contributed by atoms with E-state index in [1.165, 1.54) is 11.3 Å². The molecule has 9 nitrogen and oxygen atoms in total. The summed E-state index contributed by atoms with van der Waals surface area (Å²) in [7, 11) is 1.90. The number of carbonyl (C=O) groups is 1. The molecule has 190 valence electrons. The summed E-state index contributed by atoms with van der Waals surface area (Å²) in [6, 6.07) is 10.1. The fourth-order valence-electron chi connectivity index (χ4n) is 4.18. The van der Waals surface area contributed by atoms with Gasteiger partial charge < -0.3 is 20.4 Å². The lowest BCUT2D eigenvalue weighted by atomic mass is 10.1. The Morgan fingerprint density at radius 3 is 2.46 bits per heavy atom. The number of aromatic nitrogens is 3. The van der Waals surface area contributed by atoms with Crippen LogP contribution in [0.25, 0.3) is 16.2 Å². The van der Waals surface area contributed by atoms with Crippen LogP contribution in [0.1, 0.15) is 27.7 Å². The molecule has 0 spiro atoms. The normalized spacial score (nSPS) is 15.5. The van der Waals surface area contributed by atoms with E-state index in [1.807, 2.05) is 34.7 Å². The molecule has 0 atom stereocenters. The minimum atomic E-state index is -0.155. The van der Waals surface area contributed by atoms with Gasteiger partial charge in [-0.3, -0.25) is 9.69 Å². The molecule has 1 aromatic carbocycles. The average molecular weight is 499 g/mol. The van der Waals surface area contributed by atoms with Crippen LogP contribution < -0.4 is 15.5 Å². The number of nitrogens with zero attached hydrogens (tertiary/aromatic N) is 6. The molecule has 2 aromatic heterocycles. The van der Waals surface area contributed by atoms with Crippen molar-refractivity contribution in [1.82, 2.24) is 29.7 Å². The van der Waals surface area contributed by atoms with Gasteiger partial charge in [-0.15, -0.1) is 5.10 Å². The highest BCUT2D eigenvalue weighted by Gasteiger charge is 2.23. The van der Waals surface area contributed by atoms with E-state index in [9.17, 15) is 4.79 Å². The number of nitrogens with one attached hydrogen (secondary N) is 2. The van der Waals surface area contributed by atoms with Gasteiger partial charge in [-0.1, -0.05) is 48.6 Å². The Morgan fingerprint density at radius 1 is 1.11 bits per heavy atom. The number of likely N-dealkylation sites (N-methyl/N-ethyl adjacent to an activating group) is 2. The first-order valence-electron chi connectivity index (χ1n) is 12.4. The second kappa shape index (κ2) is 10.9. The summed E-state index contributed by atoms with van der Waals surface area (Å²) in [5.74, 6) is 0.868. The summed E-state index contributed by atoms with van der Waals surface area (Å²) in [4.78, 5) is 25.0. The maximum Gasteiger partial charge on any atom is 0.239 e. The van der Waals surface area contributed by atoms with Crippen molar-refractivity contribution in [3.8, 4) is 11.3 Å². The highest BCUT2D eigenvalue weighted by Crippen LogP contribution is 2.34. The molecule has 1 amide bonds. The Hall–Kier alpha value is -2.69. The maximum atomic E-state index is 12.6. The first-order valence-corrected chi connectivity index (χ1v) is 13.2. The molecule has 4 rings (SSSR count). The van der Waals surface area contributed by atoms with Gasteiger partial charge in [-0.05, 0) is 27.3 Å². The molecular formula is C25H38N8OS. The van der Waals surface area contributed by atoms with Gasteiger partial charge in [0.05, 0.1) is 6.54 Å². The van der Waals surface area contributed by atoms with Gasteiger partial charge >= 0.3 is 0 Å². The molecule has 0 unspecified atom stereocenters. The third-order valence-electron chi connectivity index (χ3n) is 6.10. The van der Waals surface area contributed by atoms with E-state index in [0.29, 0.717) is 6.54 Å². The summed E-state index contributed by atoms with van der Waals surface area (Å²) >= 11 is 1.49. The summed E-state index contributed by atoms with van der Waals surface area (Å²) < 4.78 is 1.86. The van der Waals surface area contributed by atoms with Crippen LogP contribution in [0.4, 0.5) is 10.9 Å². The quantitative estimate of drug-likeness (QED) is 0.470. The number of hydrogen-bond donors (Lipinski definition) is 2. The fraction of sp³-hybridized carbons (Fsp3) is 0.560. The van der Waals surface area contributed by atoms with Crippen LogP contribution in [0.5, 0.6) is 0 Å². The molecule has 2 N–H and O–H groups in total. The fourth-order valence-corrected chi connectivity index (χ4v) is 5.04. The van der Waals surface area contributed by atoms with Crippen LogP contribution in [0.2, 0.25) is 0 Å². The average Bonchev–Trinajstić information content (AvgIpc) is 3.39. The number of rotatable bonds is 9. The first kappa shape index (κ1) is 25.4. The number of fused-ring (bicyclic) bond motifs is 1. The summed E-state index contributed by atoms with van der Waals surface area (Å²) in [5.41, 5.74) is 1.77. The van der Waals surface area contributed by atoms with Crippen molar-refractivity contribution in [2.45, 2.75) is 33.2 Å². The molecular weight excluding hydrogens is 460 g/mol. The number of hydrogen-bond acceptors (Lipinski definition) is 8. The van der Waals surface area contributed by atoms with Crippen LogP contribution in [-0.4, -0.2) is 95.2 Å². The highest BCUT2D eigenvalue weighted by molar-refractivity contribution is 7.20. The van der Waals surface area contributed by atoms with Crippen molar-refractivity contribution in [3.63, 3.8) is 0 Å². The molecule has 3 heterocycles. The Bertz CT molecular complexity index is 1110. The zero-order chi connectivity index (χ0) is 25.0. The zero-order valence-corrected chi connectivity index (χ0v) is 22.4. The van der Waals surface area contributed by atoms with E-state index in [1.54, 1.807) is 0 Å². The summed E-state index contributed by atoms with van der Waals surface area (Å²) in [5, 5.41) is 12.2. The maximum absolute atomic E-state index is 12.6. The Labute approximate surface area is 212 Å². The third kappa shape index (κ3) is 6.50. The van der Waals surface area contributed by atoms with Gasteiger partial charge in [0.15, 0.2) is 5.82 Å². The second-order valence-corrected chi connectivity index (χ2v) is 11.0. The second-order valence-electron chi connectivity index (χ2n) is 10.1. The smallest absolute Gasteiger partial charge is 0.239 e. The minimum absolute atomic E-state index is 0.00514. The predicted octanol–water partition coefficient (Wildman–Crippen LogP) is 2.86. The van der Waals surface area contributed by atoms with Gasteiger partial charge in [0.2, 0.25) is 16.0 Å². The Kier molecular flexibility index (Phi) is 7.93. The van der Waals surface area contributed by atoms with Crippen LogP contribution >= 0.6 is 11.3 Å². The van der Waals surface area contributed by atoms with Crippen LogP contribution in [0, 0.1) is 0 Å². The number of anilines is 2. The molecule has 35 heavy (non-hydrogen) atoms. The van der Waals surface area contributed by atoms with E-state index in [-0.39, 0.29) is 18.0 Å². The molecule has 1 aliphatic rings. The molecule has 3 aromatic rings. The SMILES string of the molecule is CCN1CCN(CCNC(=O)CN(C)c2nn3c(NC(C)(C)C)c(-c4ccccc4)nc3s2)CC1. The molecule has 1 aliphatic heterocycles. The van der Waals surface area contributed by atoms with E-state index >= 15 is 0 Å². The van der Waals surface area contributed by atoms with Gasteiger partial charge in [0.1, 0.15) is 5.69 Å². The van der Waals surface area contributed by atoms with Gasteiger partial charge in [-0.25, -0.2) is 4.98 Å². The van der Waals surface area contributed by atoms with Crippen LogP contribution in [0.15, 0.2) is 30.3 Å². The molecule has 10 heteroatoms. The molecule has 0 saturated carbocycles. The van der Waals surface area contributed by atoms with Gasteiger partial charge in [0.25, 0.3) is 0 Å². The molecule has 0 aliphatic carbocycles. The van der Waals surface area contributed by atoms with Crippen molar-refractivity contribution in [3.05, 3.63) is 30.3 Å². The van der Waals surface area contributed by atoms with E-state index < -0.39 is 0 Å². The van der Waals surface area contributed by atoms with E-state index in [2.05, 4.69) is 60.3 Å². The lowest BCUT2D eigenvalue weighted by molar-refractivity contribution is -0.119. The zero-order valence-electron chi connectivity index (χ0n) is 21.5. The highest BCUT2D eigenvalue weighted by atomic mass is 32.1. The topological polar surface area (TPSA) is 81.0 Å². The largest absolute Gasteiger partial charge is 0.364 e. The van der Waals surface area contributed by atoms with Crippen molar-refractivity contribution >= 4 is 33.2 Å². The van der Waals surface area contributed by atoms with Crippen molar-refractivity contribution in [2.24, 2.45) is 0 Å².